The van der Waals surface area contributed by atoms with Gasteiger partial charge in [-0.15, -0.1) is 11.3 Å². The maximum atomic E-state index is 14.6. The number of amides is 6. The highest BCUT2D eigenvalue weighted by Gasteiger charge is 2.58. The number of hydrogen-bond acceptors (Lipinski definition) is 18. The molecular weight excluding hydrogens is 1870 g/mol. The first-order valence-corrected chi connectivity index (χ1v) is 50.4. The van der Waals surface area contributed by atoms with Gasteiger partial charge in [0.05, 0.1) is 12.0 Å². The third-order valence-electron chi connectivity index (χ3n) is 26.3. The molecule has 6 unspecified atom stereocenters. The molecule has 5 aliphatic carbocycles. The number of piperidine rings is 2. The molecule has 0 bridgehead atoms. The largest absolute Gasteiger partial charge is 0.341 e. The van der Waals surface area contributed by atoms with Crippen LogP contribution in [-0.2, 0) is 75.6 Å². The number of nitrogens with zero attached hydrogens (tertiary/aromatic N) is 11. The maximum Gasteiger partial charge on any atom is 0.341 e. The van der Waals surface area contributed by atoms with Gasteiger partial charge in [-0.3, -0.25) is 19.2 Å². The van der Waals surface area contributed by atoms with Crippen molar-refractivity contribution in [2.24, 2.45) is 31.4 Å². The van der Waals surface area contributed by atoms with Crippen molar-refractivity contribution >= 4 is 125 Å². The van der Waals surface area contributed by atoms with Crippen molar-refractivity contribution in [3.63, 3.8) is 0 Å². The summed E-state index contributed by atoms with van der Waals surface area (Å²) in [5, 5.41) is 40.3. The molecule has 7 atom stereocenters. The van der Waals surface area contributed by atoms with Crippen LogP contribution in [0.15, 0.2) is 225 Å². The molecule has 12 aliphatic rings. The van der Waals surface area contributed by atoms with E-state index in [1.54, 1.807) is 35.4 Å². The van der Waals surface area contributed by atoms with Crippen molar-refractivity contribution in [2.45, 2.75) is 173 Å². The van der Waals surface area contributed by atoms with Crippen LogP contribution in [-0.4, -0.2) is 125 Å². The lowest BCUT2D eigenvalue weighted by molar-refractivity contribution is -0.140. The summed E-state index contributed by atoms with van der Waals surface area (Å²) < 4.78 is 141. The lowest BCUT2D eigenvalue weighted by atomic mass is 9.86. The van der Waals surface area contributed by atoms with Crippen molar-refractivity contribution in [2.75, 3.05) is 33.7 Å². The van der Waals surface area contributed by atoms with Crippen molar-refractivity contribution in [1.82, 2.24) is 40.6 Å². The molecule has 5 spiro atoms. The number of carbonyl (C=O) groups excluding carboxylic acids is 5. The number of hydrazone groups is 5. The predicted octanol–water partition coefficient (Wildman–Crippen LogP) is 22.4. The van der Waals surface area contributed by atoms with Crippen LogP contribution >= 0.6 is 70.1 Å². The zero-order valence-corrected chi connectivity index (χ0v) is 79.6. The Balaban J connectivity index is 0.000000114. The number of nitrogens with one attached hydrogen (secondary N) is 2. The Morgan fingerprint density at radius 3 is 1.01 bits per heavy atom. The SMILES string of the molecule is CC(=O)N1N=C(c2cc(F)ccc2F)SC12CCCc1ccccc12.CC(=O)N1N=C(c2cc(F)ccc2F)S[C@@]12CCCc1ccccc12.CN(C)C(=O)N1N=C(c2cc(F)ccc2F)SC12CCCc1sccc12.O=C(C1CCCCN1)N1N=C(c2cc(F)ccc2F)SC12CCCc1ccccc12.O=C(C1CCCNC1)N1N=C(c2cc(F)ccc2F)SC12CCCc1ccccc12. The fourth-order valence-electron chi connectivity index (χ4n) is 20.0. The first-order valence-electron chi connectivity index (χ1n) is 45.4. The van der Waals surface area contributed by atoms with Gasteiger partial charge in [-0.1, -0.05) is 162 Å². The average Bonchev–Trinajstić information content (AvgIpc) is 1.57. The molecule has 1 aromatic heterocycles. The summed E-state index contributed by atoms with van der Waals surface area (Å²) in [5.41, 5.74) is 10.4. The van der Waals surface area contributed by atoms with Crippen molar-refractivity contribution in [1.29, 1.82) is 0 Å². The number of halogens is 10. The number of thiophene rings is 1. The number of aryl methyl sites for hydroxylation is 5. The highest BCUT2D eigenvalue weighted by atomic mass is 32.2. The lowest BCUT2D eigenvalue weighted by Gasteiger charge is -2.41. The molecule has 7 aliphatic heterocycles. The molecule has 10 aromatic rings. The van der Waals surface area contributed by atoms with Crippen LogP contribution in [0.1, 0.15) is 193 Å². The number of benzene rings is 9. The molecule has 6 amide bonds. The Kier molecular flexibility index (Phi) is 28.0. The van der Waals surface area contributed by atoms with E-state index in [1.807, 2.05) is 84.2 Å². The maximum absolute atomic E-state index is 14.6. The highest BCUT2D eigenvalue weighted by molar-refractivity contribution is 8.16. The second-order valence-corrected chi connectivity index (χ2v) is 42.6. The number of rotatable bonds is 7. The van der Waals surface area contributed by atoms with E-state index in [2.05, 4.69) is 60.4 Å². The van der Waals surface area contributed by atoms with Crippen molar-refractivity contribution in [3.8, 4) is 0 Å². The van der Waals surface area contributed by atoms with Crippen LogP contribution in [0.5, 0.6) is 0 Å². The molecule has 0 radical (unpaired) electrons. The number of urea groups is 1. The van der Waals surface area contributed by atoms with E-state index >= 15 is 0 Å². The first-order chi connectivity index (χ1) is 65.6. The van der Waals surface area contributed by atoms with Crippen LogP contribution < -0.4 is 10.6 Å². The quantitative estimate of drug-likeness (QED) is 0.144. The zero-order chi connectivity index (χ0) is 95.1. The van der Waals surface area contributed by atoms with E-state index < -0.39 is 82.5 Å². The number of fused-ring (bicyclic) bond motifs is 10. The molecule has 136 heavy (non-hydrogen) atoms. The molecule has 8 heterocycles. The summed E-state index contributed by atoms with van der Waals surface area (Å²) in [6.45, 7) is 5.24. The Morgan fingerprint density at radius 2 is 0.676 bits per heavy atom. The highest BCUT2D eigenvalue weighted by Crippen LogP contribution is 2.60. The van der Waals surface area contributed by atoms with Gasteiger partial charge in [0.1, 0.15) is 108 Å². The van der Waals surface area contributed by atoms with E-state index in [9.17, 15) is 67.9 Å². The summed E-state index contributed by atoms with van der Waals surface area (Å²) in [6, 6.07) is 50.2. The second-order valence-electron chi connectivity index (χ2n) is 35.2. The summed E-state index contributed by atoms with van der Waals surface area (Å²) in [4.78, 5) is 63.8. The van der Waals surface area contributed by atoms with Gasteiger partial charge in [0.2, 0.25) is 17.7 Å². The topological polar surface area (TPSA) is 191 Å². The zero-order valence-electron chi connectivity index (χ0n) is 74.7. The molecular formula is C102H95F10N13O5S6. The summed E-state index contributed by atoms with van der Waals surface area (Å²) in [7, 11) is 3.32. The van der Waals surface area contributed by atoms with Crippen LogP contribution in [0.2, 0.25) is 0 Å². The van der Waals surface area contributed by atoms with Gasteiger partial charge < -0.3 is 15.5 Å². The molecule has 22 rings (SSSR count). The Bertz CT molecular complexity index is 6220. The third kappa shape index (κ3) is 18.4. The van der Waals surface area contributed by atoms with Gasteiger partial charge in [-0.05, 0) is 282 Å². The Labute approximate surface area is 806 Å². The van der Waals surface area contributed by atoms with Crippen molar-refractivity contribution in [3.05, 3.63) is 340 Å². The predicted molar refractivity (Wildman–Crippen MR) is 516 cm³/mol. The average molecular weight is 1970 g/mol. The Morgan fingerprint density at radius 1 is 0.353 bits per heavy atom. The van der Waals surface area contributed by atoms with E-state index in [-0.39, 0.29) is 69.4 Å². The summed E-state index contributed by atoms with van der Waals surface area (Å²) >= 11 is 8.43. The smallest absolute Gasteiger partial charge is 0.329 e. The number of thioether (sulfide) groups is 5. The fraction of sp³-hybridized carbons (Fsp3) is 0.333. The minimum atomic E-state index is -0.723. The molecule has 704 valence electrons. The number of hydrogen-bond donors (Lipinski definition) is 2. The van der Waals surface area contributed by atoms with Crippen LogP contribution in [0.4, 0.5) is 48.7 Å². The molecule has 2 N–H and O–H groups in total. The second kappa shape index (κ2) is 39.9. The summed E-state index contributed by atoms with van der Waals surface area (Å²) in [5.74, 6) is -6.05. The van der Waals surface area contributed by atoms with Crippen LogP contribution in [0, 0.1) is 64.1 Å². The van der Waals surface area contributed by atoms with E-state index in [4.69, 9.17) is 0 Å². The summed E-state index contributed by atoms with van der Waals surface area (Å²) in [6.07, 6.45) is 17.4. The first kappa shape index (κ1) is 95.5. The monoisotopic (exact) mass is 1960 g/mol. The molecule has 18 nitrogen and oxygen atoms in total. The minimum absolute atomic E-state index is 0.0433. The van der Waals surface area contributed by atoms with E-state index in [0.29, 0.717) is 38.2 Å². The van der Waals surface area contributed by atoms with Gasteiger partial charge in [-0.25, -0.2) is 68.7 Å². The van der Waals surface area contributed by atoms with Crippen molar-refractivity contribution < 1.29 is 67.9 Å². The molecule has 0 saturated carbocycles. The molecule has 2 saturated heterocycles. The van der Waals surface area contributed by atoms with Gasteiger partial charge in [-0.2, -0.15) is 30.5 Å². The van der Waals surface area contributed by atoms with Gasteiger partial charge in [0, 0.05) is 72.7 Å². The van der Waals surface area contributed by atoms with Crippen LogP contribution in [0.3, 0.4) is 0 Å². The van der Waals surface area contributed by atoms with E-state index in [0.717, 1.165) is 248 Å². The van der Waals surface area contributed by atoms with Crippen LogP contribution in [0.25, 0.3) is 0 Å². The minimum Gasteiger partial charge on any atom is -0.329 e. The molecule has 34 heteroatoms. The lowest BCUT2D eigenvalue weighted by Crippen LogP contribution is -2.52. The number of carbonyl (C=O) groups is 5. The Hall–Kier alpha value is -10.9. The van der Waals surface area contributed by atoms with Gasteiger partial charge in [0.25, 0.3) is 5.91 Å². The fourth-order valence-corrected chi connectivity index (χ4v) is 28.5. The standard InChI is InChI=1S/2C23H23F2N3OS.2C19H16F2N2OS.C18H17F2N3OS2/c24-17-9-10-20(25)18(13-17)21-27-28(22(29)16-7-4-12-26-14-16)23(30-21)11-3-6-15-5-1-2-8-19(15)23;24-16-10-11-19(25)17(14-16)21-27-28(22(29)20-9-3-4-13-26-20)23(30-21)12-5-7-15-6-1-2-8-18(15)23;2*1-12(24)23-19(10-4-6-13-5-2-3-7-16(13)19)25-18(22-23)15-11-14(20)8-9-17(15)21;1-22(2)17(24)23-18(8-3-4-15-13(18)7-9-25-15)26-16(21-23)12-10-11(19)5-6-14(12)20/h1-2,5,8-10,13,16,26H,3-4,6-7,11-12,14H2;1-2,6,8,10-11,14,20,26H,3-5,7,9,12-13H2;2*2-3,5,7-9,11H,4,6,10H2,1H3;5-7,9-10H,3-4,8H2,1-2H3/t;;19-;;/m..1../s1. The van der Waals surface area contributed by atoms with Gasteiger partial charge >= 0.3 is 6.03 Å². The molecule has 2 fully saturated rings. The molecule has 9 aromatic carbocycles. The van der Waals surface area contributed by atoms with Gasteiger partial charge in [0.15, 0.2) is 0 Å². The normalized spacial score (nSPS) is 23.7. The third-order valence-corrected chi connectivity index (χ3v) is 34.4. The van der Waals surface area contributed by atoms with E-state index in [1.165, 1.54) is 126 Å².